The van der Waals surface area contributed by atoms with Crippen molar-refractivity contribution in [1.29, 1.82) is 0 Å². The lowest BCUT2D eigenvalue weighted by Gasteiger charge is -2.65. The van der Waals surface area contributed by atoms with E-state index in [2.05, 4.69) is 35.4 Å². The Kier molecular flexibility index (Phi) is 14.2. The van der Waals surface area contributed by atoms with Gasteiger partial charge in [0.25, 0.3) is 0 Å². The first-order valence-electron chi connectivity index (χ1n) is 27.6. The van der Waals surface area contributed by atoms with Gasteiger partial charge < -0.3 is 45.1 Å². The molecule has 6 N–H and O–H groups in total. The van der Waals surface area contributed by atoms with E-state index in [1.165, 1.54) is 0 Å². The predicted molar refractivity (Wildman–Crippen MR) is 278 cm³/mol. The van der Waals surface area contributed by atoms with Crippen molar-refractivity contribution in [2.24, 2.45) is 41.4 Å². The number of aliphatic hydroxyl groups is 4. The van der Waals surface area contributed by atoms with Gasteiger partial charge in [0.1, 0.15) is 29.0 Å². The number of methoxy groups -OCH3 is 1. The SMILES string of the molecule is COCCC(C)(O)CNc1cc(CO)cc(C2C#CC3CC(=O)Oc4c3cc(c(O)c4C3CCCCC3)CC3OC(=O)C(=CC(O)Cc4cccc(c4)CC4C(=O)CC5C=CC6C7CCCCC7C3(O)C5C46)C2)c1. The fraction of sp³-hybridized carbons (Fsp3) is 0.565. The molecule has 12 bridgehead atoms. The van der Waals surface area contributed by atoms with Crippen LogP contribution in [0.5, 0.6) is 11.5 Å². The first kappa shape index (κ1) is 50.8. The number of hydrogen-bond donors (Lipinski definition) is 6. The summed E-state index contributed by atoms with van der Waals surface area (Å²) >= 11 is 0. The van der Waals surface area contributed by atoms with E-state index in [9.17, 15) is 35.1 Å². The Balaban J connectivity index is 1.13. The highest BCUT2D eigenvalue weighted by Gasteiger charge is 2.68. The molecule has 11 rings (SSSR count). The Morgan fingerprint density at radius 3 is 2.45 bits per heavy atom. The number of carbonyl (C=O) groups excluding carboxylic acids is 3. The van der Waals surface area contributed by atoms with Crippen molar-refractivity contribution in [3.05, 3.63) is 111 Å². The number of Topliss-reactive ketones (excluding diaryl/α,β-unsaturated/α-hetero) is 1. The van der Waals surface area contributed by atoms with Crippen LogP contribution in [-0.4, -0.2) is 86.9 Å². The predicted octanol–water partition coefficient (Wildman–Crippen LogP) is 8.43. The van der Waals surface area contributed by atoms with Crippen molar-refractivity contribution in [3.63, 3.8) is 0 Å². The van der Waals surface area contributed by atoms with Gasteiger partial charge in [-0.2, -0.15) is 0 Å². The number of fused-ring (bicyclic) bond motifs is 10. The minimum Gasteiger partial charge on any atom is -0.507 e. The van der Waals surface area contributed by atoms with Crippen LogP contribution in [0.2, 0.25) is 0 Å². The average Bonchev–Trinajstić information content (AvgIpc) is 3.40. The standard InChI is InChI=1S/C62H73NO11/c1-61(70,19-20-72-2)34-63-45-23-37(33-64)22-42(27-45)39-15-16-40-32-54(67)74-59-49(40)29-43(58(68)55(59)38-11-4-3-5-12-38)31-53-62(71)51-14-7-6-13-47(51)48-18-17-41-30-52(66)50(56(48)57(41)62)25-36-10-8-9-35(21-36)24-46(65)28-44(26-39)60(69)73-53/h8-10,17-18,21-23,27-29,38-41,46-48,50-51,53,56-57,63-65,68,70-71H,3-7,11-14,19-20,24-26,30-34H2,1-2H3. The highest BCUT2D eigenvalue weighted by molar-refractivity contribution is 5.89. The highest BCUT2D eigenvalue weighted by atomic mass is 16.6. The maximum absolute atomic E-state index is 15.8. The molecule has 3 aromatic rings. The number of benzene rings is 3. The Hall–Kier alpha value is -5.29. The number of anilines is 1. The molecule has 0 spiro atoms. The van der Waals surface area contributed by atoms with Crippen LogP contribution in [0, 0.1) is 53.3 Å². The van der Waals surface area contributed by atoms with Gasteiger partial charge in [-0.1, -0.05) is 86.4 Å². The molecular formula is C62H73NO11. The summed E-state index contributed by atoms with van der Waals surface area (Å²) in [6.07, 6.45) is 12.9. The van der Waals surface area contributed by atoms with Gasteiger partial charge in [-0.05, 0) is 133 Å². The second-order valence-corrected chi connectivity index (χ2v) is 23.6. The van der Waals surface area contributed by atoms with Crippen LogP contribution in [0.25, 0.3) is 0 Å². The number of rotatable bonds is 9. The molecule has 392 valence electrons. The monoisotopic (exact) mass is 1010 g/mol. The summed E-state index contributed by atoms with van der Waals surface area (Å²) in [5.41, 5.74) is 2.77. The Bertz CT molecular complexity index is 2800. The van der Waals surface area contributed by atoms with Crippen molar-refractivity contribution in [2.45, 2.75) is 157 Å². The van der Waals surface area contributed by atoms with Crippen molar-refractivity contribution < 1.29 is 54.1 Å². The molecule has 12 nitrogen and oxygen atoms in total. The summed E-state index contributed by atoms with van der Waals surface area (Å²) < 4.78 is 18.5. The molecule has 4 fully saturated rings. The summed E-state index contributed by atoms with van der Waals surface area (Å²) in [6, 6.07) is 15.4. The Labute approximate surface area is 435 Å². The molecule has 13 unspecified atom stereocenters. The number of carbonyl (C=O) groups is 3. The van der Waals surface area contributed by atoms with Crippen LogP contribution in [0.15, 0.2) is 72.3 Å². The zero-order chi connectivity index (χ0) is 51.5. The number of esters is 2. The first-order valence-corrected chi connectivity index (χ1v) is 27.6. The van der Waals surface area contributed by atoms with Crippen LogP contribution < -0.4 is 10.1 Å². The van der Waals surface area contributed by atoms with E-state index in [4.69, 9.17) is 14.2 Å². The summed E-state index contributed by atoms with van der Waals surface area (Å²) in [4.78, 5) is 44.3. The third-order valence-electron chi connectivity index (χ3n) is 18.7. The normalized spacial score (nSPS) is 33.4. The fourth-order valence-electron chi connectivity index (χ4n) is 15.3. The van der Waals surface area contributed by atoms with Gasteiger partial charge in [0.05, 0.1) is 30.7 Å². The first-order chi connectivity index (χ1) is 35.7. The molecule has 8 aliphatic rings. The summed E-state index contributed by atoms with van der Waals surface area (Å²) in [6.45, 7) is 1.95. The molecule has 4 saturated carbocycles. The van der Waals surface area contributed by atoms with Gasteiger partial charge in [0, 0.05) is 86.1 Å². The average molecular weight is 1010 g/mol. The van der Waals surface area contributed by atoms with E-state index in [1.807, 2.05) is 36.4 Å². The maximum atomic E-state index is 15.8. The molecule has 0 aromatic heterocycles. The topological polar surface area (TPSA) is 192 Å². The van der Waals surface area contributed by atoms with Crippen LogP contribution in [0.3, 0.4) is 0 Å². The molecule has 5 aliphatic carbocycles. The molecule has 0 amide bonds. The number of ether oxygens (including phenoxy) is 3. The van der Waals surface area contributed by atoms with Crippen molar-refractivity contribution in [3.8, 4) is 23.3 Å². The van der Waals surface area contributed by atoms with E-state index < -0.39 is 53.1 Å². The number of nitrogens with one attached hydrogen (secondary N) is 1. The highest BCUT2D eigenvalue weighted by Crippen LogP contribution is 2.64. The number of ketones is 1. The van der Waals surface area contributed by atoms with Crippen molar-refractivity contribution in [1.82, 2.24) is 0 Å². The second kappa shape index (κ2) is 20.7. The zero-order valence-electron chi connectivity index (χ0n) is 42.9. The molecule has 3 heterocycles. The van der Waals surface area contributed by atoms with Crippen LogP contribution >= 0.6 is 0 Å². The number of hydrogen-bond acceptors (Lipinski definition) is 12. The van der Waals surface area contributed by atoms with Crippen molar-refractivity contribution >= 4 is 23.4 Å². The maximum Gasteiger partial charge on any atom is 0.334 e. The Morgan fingerprint density at radius 1 is 0.878 bits per heavy atom. The van der Waals surface area contributed by atoms with Crippen molar-refractivity contribution in [2.75, 3.05) is 25.6 Å². The van der Waals surface area contributed by atoms with Crippen LogP contribution in [0.4, 0.5) is 5.69 Å². The quantitative estimate of drug-likeness (QED) is 0.0520. The number of allylic oxidation sites excluding steroid dienone is 2. The lowest BCUT2D eigenvalue weighted by molar-refractivity contribution is -0.247. The fourth-order valence-corrected chi connectivity index (χ4v) is 15.3. The smallest absolute Gasteiger partial charge is 0.334 e. The molecule has 13 atom stereocenters. The lowest BCUT2D eigenvalue weighted by Crippen LogP contribution is -2.70. The van der Waals surface area contributed by atoms with Gasteiger partial charge in [0.2, 0.25) is 0 Å². The van der Waals surface area contributed by atoms with Gasteiger partial charge in [-0.25, -0.2) is 4.79 Å². The minimum absolute atomic E-state index is 0.0153. The van der Waals surface area contributed by atoms with Gasteiger partial charge in [-0.3, -0.25) is 9.59 Å². The van der Waals surface area contributed by atoms with E-state index in [0.29, 0.717) is 65.1 Å². The number of aromatic hydroxyl groups is 1. The third kappa shape index (κ3) is 9.66. The summed E-state index contributed by atoms with van der Waals surface area (Å²) in [5, 5.41) is 64.8. The summed E-state index contributed by atoms with van der Waals surface area (Å²) in [5.74, 6) is 3.22. The number of aliphatic hydroxyl groups excluding tert-OH is 2. The molecular weight excluding hydrogens is 935 g/mol. The molecule has 0 radical (unpaired) electrons. The number of phenolic OH excluding ortho intramolecular Hbond substituents is 1. The van der Waals surface area contributed by atoms with Gasteiger partial charge >= 0.3 is 11.9 Å². The molecule has 3 aliphatic heterocycles. The van der Waals surface area contributed by atoms with E-state index >= 15 is 4.79 Å². The molecule has 12 heteroatoms. The number of phenols is 1. The minimum atomic E-state index is -1.64. The molecule has 0 saturated heterocycles. The summed E-state index contributed by atoms with van der Waals surface area (Å²) in [7, 11) is 1.58. The third-order valence-corrected chi connectivity index (χ3v) is 18.7. The zero-order valence-corrected chi connectivity index (χ0v) is 42.9. The Morgan fingerprint density at radius 2 is 1.65 bits per heavy atom. The van der Waals surface area contributed by atoms with Gasteiger partial charge in [-0.15, -0.1) is 0 Å². The van der Waals surface area contributed by atoms with Gasteiger partial charge in [0.15, 0.2) is 0 Å². The van der Waals surface area contributed by atoms with E-state index in [0.717, 1.165) is 62.5 Å². The molecule has 74 heavy (non-hydrogen) atoms. The lowest BCUT2D eigenvalue weighted by atomic mass is 9.41. The largest absolute Gasteiger partial charge is 0.507 e. The second-order valence-electron chi connectivity index (χ2n) is 23.6. The van der Waals surface area contributed by atoms with Crippen LogP contribution in [-0.2, 0) is 49.7 Å². The van der Waals surface area contributed by atoms with E-state index in [-0.39, 0.29) is 104 Å². The molecule has 3 aromatic carbocycles. The van der Waals surface area contributed by atoms with Crippen LogP contribution in [0.1, 0.15) is 147 Å². The van der Waals surface area contributed by atoms with E-state index in [1.54, 1.807) is 26.2 Å².